The Morgan fingerprint density at radius 2 is 2.27 bits per heavy atom. The van der Waals surface area contributed by atoms with Gasteiger partial charge in [0.1, 0.15) is 5.78 Å². The van der Waals surface area contributed by atoms with Gasteiger partial charge < -0.3 is 10.1 Å². The molecule has 1 heterocycles. The normalized spacial score (nSPS) is 21.5. The zero-order valence-electron chi connectivity index (χ0n) is 9.76. The van der Waals surface area contributed by atoms with Crippen LogP contribution in [0, 0.1) is 0 Å². The van der Waals surface area contributed by atoms with Crippen LogP contribution in [0.15, 0.2) is 0 Å². The van der Waals surface area contributed by atoms with Gasteiger partial charge in [0.25, 0.3) is 0 Å². The number of ether oxygens (including phenoxy) is 1. The maximum absolute atomic E-state index is 11.6. The number of Topliss-reactive ketones (excluding diaryl/α,β-unsaturated/α-hetero) is 1. The zero-order valence-corrected chi connectivity index (χ0v) is 9.76. The third kappa shape index (κ3) is 5.90. The van der Waals surface area contributed by atoms with Crippen molar-refractivity contribution in [2.75, 3.05) is 19.7 Å². The number of rotatable bonds is 7. The Hall–Kier alpha value is -0.410. The van der Waals surface area contributed by atoms with Gasteiger partial charge in [0.15, 0.2) is 0 Å². The first-order valence-electron chi connectivity index (χ1n) is 6.17. The van der Waals surface area contributed by atoms with E-state index in [1.54, 1.807) is 0 Å². The van der Waals surface area contributed by atoms with Crippen LogP contribution in [0.25, 0.3) is 0 Å². The largest absolute Gasteiger partial charge is 0.375 e. The highest BCUT2D eigenvalue weighted by molar-refractivity contribution is 5.78. The summed E-state index contributed by atoms with van der Waals surface area (Å²) in [4.78, 5) is 11.6. The molecule has 0 saturated carbocycles. The number of carbonyl (C=O) groups excluding carboxylic acids is 1. The molecular weight excluding hydrogens is 190 g/mol. The van der Waals surface area contributed by atoms with Gasteiger partial charge in [-0.05, 0) is 6.42 Å². The molecule has 3 nitrogen and oxygen atoms in total. The van der Waals surface area contributed by atoms with E-state index in [2.05, 4.69) is 12.2 Å². The average molecular weight is 213 g/mol. The van der Waals surface area contributed by atoms with Crippen LogP contribution in [-0.4, -0.2) is 31.6 Å². The molecule has 1 N–H and O–H groups in total. The molecular formula is C12H23NO2. The lowest BCUT2D eigenvalue weighted by Crippen LogP contribution is -2.39. The van der Waals surface area contributed by atoms with Crippen molar-refractivity contribution in [1.29, 1.82) is 0 Å². The Bertz CT molecular complexity index is 176. The van der Waals surface area contributed by atoms with E-state index in [1.807, 2.05) is 0 Å². The van der Waals surface area contributed by atoms with Crippen LogP contribution in [0.1, 0.15) is 45.4 Å². The summed E-state index contributed by atoms with van der Waals surface area (Å²) in [7, 11) is 0. The molecule has 0 radical (unpaired) electrons. The second kappa shape index (κ2) is 7.83. The smallest absolute Gasteiger partial charge is 0.135 e. The van der Waals surface area contributed by atoms with Crippen LogP contribution in [-0.2, 0) is 9.53 Å². The fourth-order valence-electron chi connectivity index (χ4n) is 1.86. The van der Waals surface area contributed by atoms with Crippen molar-refractivity contribution >= 4 is 5.78 Å². The molecule has 88 valence electrons. The highest BCUT2D eigenvalue weighted by atomic mass is 16.5. The lowest BCUT2D eigenvalue weighted by Gasteiger charge is -2.22. The first-order chi connectivity index (χ1) is 7.33. The van der Waals surface area contributed by atoms with E-state index in [0.717, 1.165) is 32.5 Å². The highest BCUT2D eigenvalue weighted by Gasteiger charge is 2.16. The van der Waals surface area contributed by atoms with E-state index in [-0.39, 0.29) is 6.10 Å². The minimum absolute atomic E-state index is 0.123. The van der Waals surface area contributed by atoms with Gasteiger partial charge in [-0.15, -0.1) is 0 Å². The Labute approximate surface area is 92.6 Å². The van der Waals surface area contributed by atoms with Gasteiger partial charge in [-0.2, -0.15) is 0 Å². The molecule has 0 amide bonds. The first-order valence-corrected chi connectivity index (χ1v) is 6.17. The summed E-state index contributed by atoms with van der Waals surface area (Å²) in [6, 6.07) is 0. The summed E-state index contributed by atoms with van der Waals surface area (Å²) in [6.45, 7) is 4.68. The lowest BCUT2D eigenvalue weighted by molar-refractivity contribution is -0.122. The Morgan fingerprint density at radius 1 is 1.40 bits per heavy atom. The minimum atomic E-state index is 0.123. The van der Waals surface area contributed by atoms with E-state index < -0.39 is 0 Å². The topological polar surface area (TPSA) is 38.3 Å². The molecule has 1 aliphatic rings. The van der Waals surface area contributed by atoms with Crippen LogP contribution >= 0.6 is 0 Å². The van der Waals surface area contributed by atoms with E-state index in [0.29, 0.717) is 12.2 Å². The van der Waals surface area contributed by atoms with E-state index in [1.165, 1.54) is 19.3 Å². The maximum atomic E-state index is 11.6. The number of ketones is 1. The number of nitrogens with one attached hydrogen (secondary N) is 1. The summed E-state index contributed by atoms with van der Waals surface area (Å²) in [6.07, 6.45) is 6.16. The highest BCUT2D eigenvalue weighted by Crippen LogP contribution is 2.08. The first kappa shape index (κ1) is 12.7. The molecule has 15 heavy (non-hydrogen) atoms. The Balaban J connectivity index is 2.01. The quantitative estimate of drug-likeness (QED) is 0.656. The molecule has 0 aromatic rings. The van der Waals surface area contributed by atoms with Crippen LogP contribution in [0.3, 0.4) is 0 Å². The molecule has 1 aliphatic heterocycles. The Kier molecular flexibility index (Phi) is 6.60. The Morgan fingerprint density at radius 3 is 2.93 bits per heavy atom. The standard InChI is InChI=1S/C12H23NO2/c1-2-3-4-5-6-11(14)9-12-10-13-7-8-15-12/h12-13H,2-10H2,1H3. The second-order valence-corrected chi connectivity index (χ2v) is 4.25. The minimum Gasteiger partial charge on any atom is -0.375 e. The molecule has 1 fully saturated rings. The number of carbonyl (C=O) groups is 1. The third-order valence-electron chi connectivity index (χ3n) is 2.77. The van der Waals surface area contributed by atoms with E-state index in [4.69, 9.17) is 4.74 Å². The fraction of sp³-hybridized carbons (Fsp3) is 0.917. The average Bonchev–Trinajstić information content (AvgIpc) is 2.26. The van der Waals surface area contributed by atoms with Crippen molar-refractivity contribution in [3.63, 3.8) is 0 Å². The van der Waals surface area contributed by atoms with Crippen LogP contribution < -0.4 is 5.32 Å². The van der Waals surface area contributed by atoms with Gasteiger partial charge in [0.05, 0.1) is 12.7 Å². The van der Waals surface area contributed by atoms with Crippen LogP contribution in [0.5, 0.6) is 0 Å². The van der Waals surface area contributed by atoms with Gasteiger partial charge in [-0.25, -0.2) is 0 Å². The van der Waals surface area contributed by atoms with Crippen molar-refractivity contribution < 1.29 is 9.53 Å². The predicted octanol–water partition coefficient (Wildman–Crippen LogP) is 1.90. The van der Waals surface area contributed by atoms with Crippen LogP contribution in [0.4, 0.5) is 0 Å². The molecule has 0 aliphatic carbocycles. The SMILES string of the molecule is CCCCCCC(=O)CC1CNCCO1. The van der Waals surface area contributed by atoms with Crippen molar-refractivity contribution in [2.24, 2.45) is 0 Å². The van der Waals surface area contributed by atoms with Crippen molar-refractivity contribution in [3.8, 4) is 0 Å². The molecule has 1 unspecified atom stereocenters. The number of hydrogen-bond donors (Lipinski definition) is 1. The zero-order chi connectivity index (χ0) is 10.9. The molecule has 1 atom stereocenters. The van der Waals surface area contributed by atoms with Crippen molar-refractivity contribution in [1.82, 2.24) is 5.32 Å². The monoisotopic (exact) mass is 213 g/mol. The van der Waals surface area contributed by atoms with Crippen LogP contribution in [0.2, 0.25) is 0 Å². The summed E-state index contributed by atoms with van der Waals surface area (Å²) < 4.78 is 5.49. The maximum Gasteiger partial charge on any atom is 0.135 e. The summed E-state index contributed by atoms with van der Waals surface area (Å²) in [5.41, 5.74) is 0. The number of hydrogen-bond acceptors (Lipinski definition) is 3. The van der Waals surface area contributed by atoms with Gasteiger partial charge in [0, 0.05) is 25.9 Å². The van der Waals surface area contributed by atoms with Gasteiger partial charge >= 0.3 is 0 Å². The van der Waals surface area contributed by atoms with Gasteiger partial charge in [-0.3, -0.25) is 4.79 Å². The summed E-state index contributed by atoms with van der Waals surface area (Å²) in [5.74, 6) is 0.361. The number of unbranched alkanes of at least 4 members (excludes halogenated alkanes) is 3. The number of morpholine rings is 1. The third-order valence-corrected chi connectivity index (χ3v) is 2.77. The molecule has 1 saturated heterocycles. The summed E-state index contributed by atoms with van der Waals surface area (Å²) in [5, 5.41) is 3.24. The second-order valence-electron chi connectivity index (χ2n) is 4.25. The van der Waals surface area contributed by atoms with Gasteiger partial charge in [-0.1, -0.05) is 26.2 Å². The molecule has 0 aromatic carbocycles. The lowest BCUT2D eigenvalue weighted by atomic mass is 10.1. The molecule has 0 spiro atoms. The summed E-state index contributed by atoms with van der Waals surface area (Å²) >= 11 is 0. The fourth-order valence-corrected chi connectivity index (χ4v) is 1.86. The predicted molar refractivity (Wildman–Crippen MR) is 61.0 cm³/mol. The molecule has 3 heteroatoms. The van der Waals surface area contributed by atoms with E-state index in [9.17, 15) is 4.79 Å². The van der Waals surface area contributed by atoms with Gasteiger partial charge in [0.2, 0.25) is 0 Å². The van der Waals surface area contributed by atoms with Crippen molar-refractivity contribution in [3.05, 3.63) is 0 Å². The molecule has 0 aromatic heterocycles. The molecule has 0 bridgehead atoms. The van der Waals surface area contributed by atoms with E-state index >= 15 is 0 Å². The van der Waals surface area contributed by atoms with Crippen molar-refractivity contribution in [2.45, 2.75) is 51.6 Å². The molecule has 1 rings (SSSR count).